The van der Waals surface area contributed by atoms with E-state index in [9.17, 15) is 8.42 Å². The molecule has 1 heterocycles. The lowest BCUT2D eigenvalue weighted by Gasteiger charge is -2.10. The molecule has 6 nitrogen and oxygen atoms in total. The van der Waals surface area contributed by atoms with Crippen molar-refractivity contribution in [1.29, 1.82) is 5.26 Å². The van der Waals surface area contributed by atoms with Crippen LogP contribution in [0.1, 0.15) is 11.3 Å². The van der Waals surface area contributed by atoms with Crippen LogP contribution in [0.25, 0.3) is 0 Å². The maximum Gasteiger partial charge on any atom is 0.241 e. The molecule has 0 spiro atoms. The van der Waals surface area contributed by atoms with E-state index in [-0.39, 0.29) is 22.9 Å². The summed E-state index contributed by atoms with van der Waals surface area (Å²) < 4.78 is 29.1. The van der Waals surface area contributed by atoms with E-state index >= 15 is 0 Å². The smallest absolute Gasteiger partial charge is 0.241 e. The van der Waals surface area contributed by atoms with Crippen LogP contribution in [-0.2, 0) is 16.6 Å². The minimum atomic E-state index is -3.89. The molecule has 1 aromatic carbocycles. The van der Waals surface area contributed by atoms with Gasteiger partial charge in [0.15, 0.2) is 0 Å². The Balaban J connectivity index is 2.26. The number of benzene rings is 1. The third kappa shape index (κ3) is 4.01. The topological polar surface area (TPSA) is 106 Å². The Kier molecular flexibility index (Phi) is 4.57. The Morgan fingerprint density at radius 3 is 2.76 bits per heavy atom. The summed E-state index contributed by atoms with van der Waals surface area (Å²) in [6.07, 6.45) is 1.49. The predicted octanol–water partition coefficient (Wildman–Crippen LogP) is 1.94. The zero-order valence-corrected chi connectivity index (χ0v) is 13.1. The molecule has 2 N–H and O–H groups in total. The molecule has 108 valence electrons. The molecule has 8 heteroatoms. The first-order valence-electron chi connectivity index (χ1n) is 5.70. The quantitative estimate of drug-likeness (QED) is 0.888. The van der Waals surface area contributed by atoms with E-state index in [1.165, 1.54) is 18.3 Å². The Hall–Kier alpha value is -1.95. The van der Waals surface area contributed by atoms with E-state index in [2.05, 4.69) is 20.9 Å². The predicted molar refractivity (Wildman–Crippen MR) is 78.8 cm³/mol. The number of rotatable bonds is 4. The minimum absolute atomic E-state index is 0.0986. The number of sulfonamides is 1. The number of aromatic nitrogens is 1. The highest BCUT2D eigenvalue weighted by atomic mass is 79.9. The number of hydrogen-bond donors (Lipinski definition) is 1. The van der Waals surface area contributed by atoms with Gasteiger partial charge in [-0.3, -0.25) is 0 Å². The molecule has 0 fully saturated rings. The van der Waals surface area contributed by atoms with Gasteiger partial charge in [-0.15, -0.1) is 0 Å². The molecule has 21 heavy (non-hydrogen) atoms. The van der Waals surface area contributed by atoms with E-state index in [0.29, 0.717) is 10.0 Å². The zero-order chi connectivity index (χ0) is 15.5. The molecule has 0 amide bonds. The van der Waals surface area contributed by atoms with Gasteiger partial charge in [-0.05, 0) is 35.9 Å². The van der Waals surface area contributed by atoms with Crippen LogP contribution in [0, 0.1) is 11.3 Å². The molecule has 0 aliphatic rings. The van der Waals surface area contributed by atoms with E-state index in [1.54, 1.807) is 18.2 Å². The first-order valence-corrected chi connectivity index (χ1v) is 8.04. The van der Waals surface area contributed by atoms with Gasteiger partial charge in [0, 0.05) is 10.7 Å². The molecule has 2 rings (SSSR count). The lowest BCUT2D eigenvalue weighted by molar-refractivity contribution is 0.297. The van der Waals surface area contributed by atoms with Crippen molar-refractivity contribution in [1.82, 2.24) is 4.98 Å². The average molecular weight is 368 g/mol. The summed E-state index contributed by atoms with van der Waals surface area (Å²) in [4.78, 5) is 3.74. The number of ether oxygens (including phenoxy) is 1. The van der Waals surface area contributed by atoms with Gasteiger partial charge < -0.3 is 4.74 Å². The molecule has 0 unspecified atom stereocenters. The molecular formula is C13H10BrN3O3S. The van der Waals surface area contributed by atoms with Crippen LogP contribution in [-0.4, -0.2) is 13.4 Å². The Morgan fingerprint density at radius 2 is 2.10 bits per heavy atom. The fraction of sp³-hybridized carbons (Fsp3) is 0.0769. The second-order valence-corrected chi connectivity index (χ2v) is 6.53. The molecule has 1 aromatic heterocycles. The standard InChI is InChI=1S/C13H10BrN3O3S/c14-10-1-2-12(13(6-10)21(16,18)19)20-8-9-3-4-17-11(5-9)7-15/h1-6H,8H2,(H2,16,18,19). The van der Waals surface area contributed by atoms with Gasteiger partial charge in [-0.2, -0.15) is 5.26 Å². The second-order valence-electron chi connectivity index (χ2n) is 4.09. The van der Waals surface area contributed by atoms with E-state index in [4.69, 9.17) is 15.1 Å². The van der Waals surface area contributed by atoms with Crippen LogP contribution in [0.3, 0.4) is 0 Å². The van der Waals surface area contributed by atoms with Crippen molar-refractivity contribution in [3.05, 3.63) is 52.3 Å². The van der Waals surface area contributed by atoms with Crippen molar-refractivity contribution in [2.45, 2.75) is 11.5 Å². The van der Waals surface area contributed by atoms with Crippen LogP contribution >= 0.6 is 15.9 Å². The lowest BCUT2D eigenvalue weighted by Crippen LogP contribution is -2.14. The number of primary sulfonamides is 1. The Bertz CT molecular complexity index is 816. The number of nitrogens with zero attached hydrogens (tertiary/aromatic N) is 2. The van der Waals surface area contributed by atoms with E-state index in [0.717, 1.165) is 0 Å². The molecular weight excluding hydrogens is 358 g/mol. The number of nitriles is 1. The summed E-state index contributed by atoms with van der Waals surface area (Å²) in [5.41, 5.74) is 0.961. The van der Waals surface area contributed by atoms with Gasteiger partial charge >= 0.3 is 0 Å². The van der Waals surface area contributed by atoms with E-state index < -0.39 is 10.0 Å². The number of nitrogens with two attached hydrogens (primary N) is 1. The normalized spacial score (nSPS) is 10.9. The second kappa shape index (κ2) is 6.22. The highest BCUT2D eigenvalue weighted by molar-refractivity contribution is 9.10. The fourth-order valence-corrected chi connectivity index (χ4v) is 2.82. The van der Waals surface area contributed by atoms with Crippen molar-refractivity contribution >= 4 is 26.0 Å². The third-order valence-electron chi connectivity index (χ3n) is 2.55. The van der Waals surface area contributed by atoms with Gasteiger partial charge in [-0.25, -0.2) is 18.5 Å². The van der Waals surface area contributed by atoms with Crippen LogP contribution in [0.5, 0.6) is 5.75 Å². The van der Waals surface area contributed by atoms with Crippen LogP contribution in [0.2, 0.25) is 0 Å². The van der Waals surface area contributed by atoms with Crippen molar-refractivity contribution in [2.75, 3.05) is 0 Å². The minimum Gasteiger partial charge on any atom is -0.487 e. The van der Waals surface area contributed by atoms with Gasteiger partial charge in [0.2, 0.25) is 10.0 Å². The maximum absolute atomic E-state index is 11.5. The van der Waals surface area contributed by atoms with Gasteiger partial charge in [-0.1, -0.05) is 15.9 Å². The number of pyridine rings is 1. The zero-order valence-electron chi connectivity index (χ0n) is 10.7. The summed E-state index contributed by atoms with van der Waals surface area (Å²) >= 11 is 3.18. The molecule has 2 aromatic rings. The summed E-state index contributed by atoms with van der Waals surface area (Å²) in [7, 11) is -3.89. The first-order chi connectivity index (χ1) is 9.90. The number of hydrogen-bond acceptors (Lipinski definition) is 5. The molecule has 0 radical (unpaired) electrons. The molecule has 0 bridgehead atoms. The molecule has 0 aliphatic heterocycles. The highest BCUT2D eigenvalue weighted by Gasteiger charge is 2.16. The van der Waals surface area contributed by atoms with Crippen molar-refractivity contribution < 1.29 is 13.2 Å². The Morgan fingerprint density at radius 1 is 1.33 bits per heavy atom. The average Bonchev–Trinajstić information content (AvgIpc) is 2.45. The highest BCUT2D eigenvalue weighted by Crippen LogP contribution is 2.27. The van der Waals surface area contributed by atoms with Gasteiger partial charge in [0.25, 0.3) is 0 Å². The van der Waals surface area contributed by atoms with Crippen molar-refractivity contribution in [3.8, 4) is 11.8 Å². The molecule has 0 saturated carbocycles. The van der Waals surface area contributed by atoms with Gasteiger partial charge in [0.05, 0.1) is 0 Å². The summed E-state index contributed by atoms with van der Waals surface area (Å²) in [6, 6.07) is 9.69. The van der Waals surface area contributed by atoms with Crippen LogP contribution in [0.15, 0.2) is 45.9 Å². The largest absolute Gasteiger partial charge is 0.487 e. The first kappa shape index (κ1) is 15.4. The fourth-order valence-electron chi connectivity index (χ4n) is 1.61. The summed E-state index contributed by atoms with van der Waals surface area (Å²) in [6.45, 7) is 0.0986. The van der Waals surface area contributed by atoms with Crippen LogP contribution in [0.4, 0.5) is 0 Å². The molecule has 0 atom stereocenters. The summed E-state index contributed by atoms with van der Waals surface area (Å²) in [5, 5.41) is 13.9. The SMILES string of the molecule is N#Cc1cc(COc2ccc(Br)cc2S(N)(=O)=O)ccn1. The van der Waals surface area contributed by atoms with Gasteiger partial charge in [0.1, 0.15) is 29.0 Å². The summed E-state index contributed by atoms with van der Waals surface area (Å²) in [5.74, 6) is 0.149. The van der Waals surface area contributed by atoms with Crippen LogP contribution < -0.4 is 9.88 Å². The van der Waals surface area contributed by atoms with Crippen molar-refractivity contribution in [2.24, 2.45) is 5.14 Å². The maximum atomic E-state index is 11.5. The lowest BCUT2D eigenvalue weighted by atomic mass is 10.2. The molecule has 0 aliphatic carbocycles. The third-order valence-corrected chi connectivity index (χ3v) is 3.97. The monoisotopic (exact) mass is 367 g/mol. The van der Waals surface area contributed by atoms with Crippen molar-refractivity contribution in [3.63, 3.8) is 0 Å². The van der Waals surface area contributed by atoms with E-state index in [1.807, 2.05) is 6.07 Å². The number of halogens is 1. The molecule has 0 saturated heterocycles. The Labute approximate surface area is 130 Å².